The van der Waals surface area contributed by atoms with E-state index in [0.29, 0.717) is 6.61 Å². The molecule has 0 bridgehead atoms. The molecule has 122 valence electrons. The predicted octanol–water partition coefficient (Wildman–Crippen LogP) is 0.460. The number of ether oxygens (including phenoxy) is 2. The monoisotopic (exact) mass is 316 g/mol. The van der Waals surface area contributed by atoms with E-state index in [1.165, 1.54) is 6.40 Å². The number of aryl methyl sites for hydroxylation is 1. The zero-order valence-corrected chi connectivity index (χ0v) is 12.9. The summed E-state index contributed by atoms with van der Waals surface area (Å²) in [6.07, 6.45) is 2.36. The average molecular weight is 316 g/mol. The number of hydrogen-bond acceptors (Lipinski definition) is 6. The van der Waals surface area contributed by atoms with Crippen LogP contribution in [0, 0.1) is 0 Å². The molecule has 7 nitrogen and oxygen atoms in total. The van der Waals surface area contributed by atoms with Gasteiger partial charge in [-0.1, -0.05) is 24.3 Å². The van der Waals surface area contributed by atoms with Gasteiger partial charge in [0.15, 0.2) is 6.40 Å². The number of benzene rings is 1. The molecule has 23 heavy (non-hydrogen) atoms. The summed E-state index contributed by atoms with van der Waals surface area (Å²) in [5.41, 5.74) is 11.8. The second-order valence-corrected chi connectivity index (χ2v) is 5.77. The van der Waals surface area contributed by atoms with Crippen molar-refractivity contribution >= 4 is 18.3 Å². The lowest BCUT2D eigenvalue weighted by atomic mass is 9.81. The molecule has 1 aromatic carbocycles. The Kier molecular flexibility index (Phi) is 3.94. The van der Waals surface area contributed by atoms with Crippen LogP contribution in [0.2, 0.25) is 0 Å². The van der Waals surface area contributed by atoms with Crippen LogP contribution in [0.4, 0.5) is 0 Å². The molecule has 2 heterocycles. The van der Waals surface area contributed by atoms with Gasteiger partial charge in [-0.2, -0.15) is 0 Å². The largest absolute Gasteiger partial charge is 0.477 e. The summed E-state index contributed by atoms with van der Waals surface area (Å²) in [5.74, 6) is -0.516. The molecule has 0 spiro atoms. The van der Waals surface area contributed by atoms with Gasteiger partial charge >= 0.3 is 0 Å². The van der Waals surface area contributed by atoms with Crippen LogP contribution in [0.3, 0.4) is 0 Å². The van der Waals surface area contributed by atoms with Crippen molar-refractivity contribution in [3.05, 3.63) is 35.4 Å². The lowest BCUT2D eigenvalue weighted by Crippen LogP contribution is -2.46. The second kappa shape index (κ2) is 5.91. The number of hydrogen-bond donors (Lipinski definition) is 2. The highest BCUT2D eigenvalue weighted by Crippen LogP contribution is 2.37. The fourth-order valence-electron chi connectivity index (χ4n) is 3.11. The second-order valence-electron chi connectivity index (χ2n) is 5.77. The van der Waals surface area contributed by atoms with Crippen LogP contribution >= 0.6 is 0 Å². The molecule has 3 unspecified atom stereocenters. The van der Waals surface area contributed by atoms with Gasteiger partial charge in [0, 0.05) is 0 Å². The molecule has 0 radical (unpaired) electrons. The van der Waals surface area contributed by atoms with Crippen LogP contribution in [-0.2, 0) is 26.2 Å². The number of nitrogens with two attached hydrogens (primary N) is 2. The topological polar surface area (TPSA) is 112 Å². The molecule has 2 aliphatic heterocycles. The highest BCUT2D eigenvalue weighted by atomic mass is 16.5. The van der Waals surface area contributed by atoms with Crippen molar-refractivity contribution in [2.75, 3.05) is 6.61 Å². The zero-order valence-electron chi connectivity index (χ0n) is 12.9. The van der Waals surface area contributed by atoms with Gasteiger partial charge in [-0.3, -0.25) is 4.79 Å². The fraction of sp³-hybridized carbons (Fsp3) is 0.438. The SMILES string of the molecule is CC1OC=NC1(C(N)=O)c1ccccc1CCC1COC(N)=N1. The molecule has 0 aliphatic carbocycles. The summed E-state index contributed by atoms with van der Waals surface area (Å²) < 4.78 is 10.5. The standard InChI is InChI=1S/C16H20N4O3/c1-10-16(14(17)21,19-9-23-10)13-5-3-2-4-11(13)6-7-12-8-22-15(18)20-12/h2-5,9-10,12H,6-8H2,1H3,(H2,17,21)(H2,18,20). The third-order valence-electron chi connectivity index (χ3n) is 4.39. The maximum absolute atomic E-state index is 12.2. The number of amidine groups is 1. The van der Waals surface area contributed by atoms with E-state index in [9.17, 15) is 4.79 Å². The van der Waals surface area contributed by atoms with E-state index in [0.717, 1.165) is 24.0 Å². The van der Waals surface area contributed by atoms with E-state index < -0.39 is 17.6 Å². The Balaban J connectivity index is 1.88. The van der Waals surface area contributed by atoms with Crippen molar-refractivity contribution in [3.63, 3.8) is 0 Å². The van der Waals surface area contributed by atoms with Crippen molar-refractivity contribution < 1.29 is 14.3 Å². The van der Waals surface area contributed by atoms with Crippen LogP contribution in [0.25, 0.3) is 0 Å². The number of amides is 1. The third-order valence-corrected chi connectivity index (χ3v) is 4.39. The van der Waals surface area contributed by atoms with Gasteiger partial charge < -0.3 is 20.9 Å². The summed E-state index contributed by atoms with van der Waals surface area (Å²) in [5, 5.41) is 0. The molecule has 2 aliphatic rings. The summed E-state index contributed by atoms with van der Waals surface area (Å²) >= 11 is 0. The van der Waals surface area contributed by atoms with E-state index in [1.807, 2.05) is 24.3 Å². The van der Waals surface area contributed by atoms with Gasteiger partial charge in [-0.15, -0.1) is 0 Å². The first-order chi connectivity index (χ1) is 11.0. The Morgan fingerprint density at radius 3 is 2.83 bits per heavy atom. The molecular formula is C16H20N4O3. The van der Waals surface area contributed by atoms with Crippen molar-refractivity contribution in [3.8, 4) is 0 Å². The quantitative estimate of drug-likeness (QED) is 0.821. The first-order valence-corrected chi connectivity index (χ1v) is 7.57. The number of primary amides is 1. The van der Waals surface area contributed by atoms with Gasteiger partial charge in [-0.05, 0) is 30.9 Å². The molecule has 1 amide bonds. The maximum atomic E-state index is 12.2. The lowest BCUT2D eigenvalue weighted by molar-refractivity contribution is -0.125. The van der Waals surface area contributed by atoms with E-state index in [2.05, 4.69) is 9.98 Å². The minimum atomic E-state index is -1.18. The maximum Gasteiger partial charge on any atom is 0.282 e. The minimum absolute atomic E-state index is 0.0355. The van der Waals surface area contributed by atoms with Gasteiger partial charge in [0.05, 0.1) is 6.04 Å². The molecule has 0 fully saturated rings. The first kappa shape index (κ1) is 15.3. The Morgan fingerprint density at radius 1 is 1.43 bits per heavy atom. The molecule has 0 saturated heterocycles. The van der Waals surface area contributed by atoms with Crippen molar-refractivity contribution in [2.45, 2.75) is 37.5 Å². The summed E-state index contributed by atoms with van der Waals surface area (Å²) in [6, 6.07) is 7.93. The van der Waals surface area contributed by atoms with Gasteiger partial charge in [0.1, 0.15) is 12.7 Å². The van der Waals surface area contributed by atoms with Gasteiger partial charge in [0.2, 0.25) is 5.54 Å². The zero-order chi connectivity index (χ0) is 16.4. The normalized spacial score (nSPS) is 29.0. The van der Waals surface area contributed by atoms with Crippen molar-refractivity contribution in [1.82, 2.24) is 0 Å². The van der Waals surface area contributed by atoms with Gasteiger partial charge in [0.25, 0.3) is 11.9 Å². The Labute approximate surface area is 134 Å². The Hall–Kier alpha value is -2.57. The third kappa shape index (κ3) is 2.62. The Morgan fingerprint density at radius 2 is 2.22 bits per heavy atom. The lowest BCUT2D eigenvalue weighted by Gasteiger charge is -2.28. The minimum Gasteiger partial charge on any atom is -0.477 e. The van der Waals surface area contributed by atoms with Crippen LogP contribution in [-0.4, -0.2) is 37.1 Å². The van der Waals surface area contributed by atoms with Crippen LogP contribution in [0.15, 0.2) is 34.3 Å². The van der Waals surface area contributed by atoms with E-state index in [-0.39, 0.29) is 12.1 Å². The van der Waals surface area contributed by atoms with Crippen molar-refractivity contribution in [2.24, 2.45) is 21.5 Å². The number of aliphatic imine (C=N–C) groups is 2. The first-order valence-electron chi connectivity index (χ1n) is 7.57. The number of carbonyl (C=O) groups excluding carboxylic acids is 1. The van der Waals surface area contributed by atoms with E-state index in [1.54, 1.807) is 6.92 Å². The van der Waals surface area contributed by atoms with Gasteiger partial charge in [-0.25, -0.2) is 9.98 Å². The number of carbonyl (C=O) groups is 1. The predicted molar refractivity (Wildman–Crippen MR) is 86.0 cm³/mol. The molecule has 3 rings (SSSR count). The summed E-state index contributed by atoms with van der Waals surface area (Å²) in [4.78, 5) is 20.7. The summed E-state index contributed by atoms with van der Waals surface area (Å²) in [6.45, 7) is 2.29. The molecule has 0 aromatic heterocycles. The van der Waals surface area contributed by atoms with E-state index >= 15 is 0 Å². The summed E-state index contributed by atoms with van der Waals surface area (Å²) in [7, 11) is 0. The molecular weight excluding hydrogens is 296 g/mol. The Bertz CT molecular complexity index is 673. The number of rotatable bonds is 5. The van der Waals surface area contributed by atoms with Crippen LogP contribution < -0.4 is 11.5 Å². The van der Waals surface area contributed by atoms with Crippen molar-refractivity contribution in [1.29, 1.82) is 0 Å². The number of nitrogens with zero attached hydrogens (tertiary/aromatic N) is 2. The van der Waals surface area contributed by atoms with Crippen LogP contribution in [0.1, 0.15) is 24.5 Å². The highest BCUT2D eigenvalue weighted by Gasteiger charge is 2.49. The smallest absolute Gasteiger partial charge is 0.282 e. The van der Waals surface area contributed by atoms with E-state index in [4.69, 9.17) is 20.9 Å². The van der Waals surface area contributed by atoms with Crippen LogP contribution in [0.5, 0.6) is 0 Å². The molecule has 7 heteroatoms. The molecule has 3 atom stereocenters. The molecule has 0 saturated carbocycles. The molecule has 1 aromatic rings. The molecule has 4 N–H and O–H groups in total. The fourth-order valence-corrected chi connectivity index (χ4v) is 3.11. The average Bonchev–Trinajstić information content (AvgIpc) is 3.12. The highest BCUT2D eigenvalue weighted by molar-refractivity contribution is 5.90.